The van der Waals surface area contributed by atoms with E-state index in [-0.39, 0.29) is 0 Å². The highest BCUT2D eigenvalue weighted by Crippen LogP contribution is 2.21. The Morgan fingerprint density at radius 3 is 2.70 bits per heavy atom. The van der Waals surface area contributed by atoms with Gasteiger partial charge in [0, 0.05) is 31.0 Å². The van der Waals surface area contributed by atoms with E-state index < -0.39 is 0 Å². The van der Waals surface area contributed by atoms with Crippen LogP contribution in [0.3, 0.4) is 0 Å². The number of anilines is 1. The summed E-state index contributed by atoms with van der Waals surface area (Å²) >= 11 is 0. The van der Waals surface area contributed by atoms with Crippen molar-refractivity contribution in [1.82, 2.24) is 14.5 Å². The molecule has 3 rings (SSSR count). The van der Waals surface area contributed by atoms with E-state index in [1.807, 2.05) is 6.20 Å². The summed E-state index contributed by atoms with van der Waals surface area (Å²) in [6, 6.07) is 1.24. The number of rotatable bonds is 5. The highest BCUT2D eigenvalue weighted by Gasteiger charge is 2.20. The van der Waals surface area contributed by atoms with Gasteiger partial charge in [0.15, 0.2) is 0 Å². The van der Waals surface area contributed by atoms with Crippen LogP contribution in [0.4, 0.5) is 5.95 Å². The van der Waals surface area contributed by atoms with Crippen molar-refractivity contribution in [3.05, 3.63) is 12.4 Å². The molecule has 20 heavy (non-hydrogen) atoms. The summed E-state index contributed by atoms with van der Waals surface area (Å²) in [7, 11) is 0. The molecule has 0 aromatic carbocycles. The second-order valence-corrected chi connectivity index (χ2v) is 6.47. The number of imidazole rings is 1. The summed E-state index contributed by atoms with van der Waals surface area (Å²) in [4.78, 5) is 7.12. The second kappa shape index (κ2) is 6.61. The Bertz CT molecular complexity index is 402. The Balaban J connectivity index is 1.57. The Hall–Kier alpha value is -1.03. The summed E-state index contributed by atoms with van der Waals surface area (Å²) < 4.78 is 2.30. The molecule has 1 atom stereocenters. The molecule has 0 bridgehead atoms. The van der Waals surface area contributed by atoms with Crippen molar-refractivity contribution in [2.75, 3.05) is 18.4 Å². The Kier molecular flexibility index (Phi) is 4.61. The lowest BCUT2D eigenvalue weighted by Crippen LogP contribution is -2.34. The molecule has 4 heteroatoms. The second-order valence-electron chi connectivity index (χ2n) is 6.47. The number of hydrogen-bond donors (Lipinski definition) is 1. The van der Waals surface area contributed by atoms with Crippen LogP contribution in [0.15, 0.2) is 12.4 Å². The molecule has 1 N–H and O–H groups in total. The van der Waals surface area contributed by atoms with Crippen LogP contribution in [0.25, 0.3) is 0 Å². The molecule has 2 heterocycles. The maximum atomic E-state index is 4.52. The largest absolute Gasteiger partial charge is 0.353 e. The zero-order valence-electron chi connectivity index (χ0n) is 12.7. The number of hydrogen-bond acceptors (Lipinski definition) is 3. The van der Waals surface area contributed by atoms with Gasteiger partial charge in [-0.2, -0.15) is 0 Å². The average molecular weight is 276 g/mol. The zero-order valence-corrected chi connectivity index (χ0v) is 12.7. The van der Waals surface area contributed by atoms with Crippen molar-refractivity contribution in [3.63, 3.8) is 0 Å². The molecule has 1 saturated heterocycles. The van der Waals surface area contributed by atoms with Gasteiger partial charge in [-0.1, -0.05) is 19.3 Å². The molecule has 1 saturated carbocycles. The van der Waals surface area contributed by atoms with Crippen molar-refractivity contribution >= 4 is 5.95 Å². The van der Waals surface area contributed by atoms with Gasteiger partial charge in [0.05, 0.1) is 0 Å². The summed E-state index contributed by atoms with van der Waals surface area (Å²) in [6.45, 7) is 5.92. The number of nitrogens with one attached hydrogen (secondary N) is 1. The zero-order chi connectivity index (χ0) is 13.8. The summed E-state index contributed by atoms with van der Waals surface area (Å²) in [5.74, 6) is 1.07. The van der Waals surface area contributed by atoms with E-state index in [2.05, 4.69) is 32.9 Å². The molecule has 2 aliphatic rings. The quantitative estimate of drug-likeness (QED) is 0.897. The fourth-order valence-corrected chi connectivity index (χ4v) is 3.61. The number of nitrogens with zero attached hydrogens (tertiary/aromatic N) is 3. The number of aromatic nitrogens is 2. The third kappa shape index (κ3) is 3.35. The van der Waals surface area contributed by atoms with Crippen LogP contribution in [-0.2, 0) is 6.54 Å². The van der Waals surface area contributed by atoms with E-state index in [0.717, 1.165) is 12.5 Å². The minimum absolute atomic E-state index is 0.610. The summed E-state index contributed by atoms with van der Waals surface area (Å²) in [6.07, 6.45) is 13.5. The van der Waals surface area contributed by atoms with Gasteiger partial charge >= 0.3 is 0 Å². The van der Waals surface area contributed by atoms with Crippen LogP contribution in [0.5, 0.6) is 0 Å². The third-order valence-electron chi connectivity index (χ3n) is 4.88. The van der Waals surface area contributed by atoms with Gasteiger partial charge in [0.1, 0.15) is 0 Å². The minimum atomic E-state index is 0.610. The minimum Gasteiger partial charge on any atom is -0.353 e. The van der Waals surface area contributed by atoms with E-state index in [1.165, 1.54) is 58.0 Å². The Morgan fingerprint density at radius 2 is 1.95 bits per heavy atom. The van der Waals surface area contributed by atoms with E-state index in [9.17, 15) is 0 Å². The predicted molar refractivity (Wildman–Crippen MR) is 83.0 cm³/mol. The van der Waals surface area contributed by atoms with Crippen LogP contribution in [0.2, 0.25) is 0 Å². The summed E-state index contributed by atoms with van der Waals surface area (Å²) in [5, 5.41) is 3.66. The van der Waals surface area contributed by atoms with Crippen molar-refractivity contribution in [3.8, 4) is 0 Å². The molecule has 0 radical (unpaired) electrons. The van der Waals surface area contributed by atoms with E-state index in [1.54, 1.807) is 0 Å². The van der Waals surface area contributed by atoms with E-state index >= 15 is 0 Å². The van der Waals surface area contributed by atoms with Gasteiger partial charge in [-0.3, -0.25) is 4.90 Å². The molecule has 4 nitrogen and oxygen atoms in total. The highest BCUT2D eigenvalue weighted by molar-refractivity contribution is 5.27. The first kappa shape index (κ1) is 13.9. The monoisotopic (exact) mass is 276 g/mol. The molecule has 0 spiro atoms. The molecule has 1 aliphatic heterocycles. The smallest absolute Gasteiger partial charge is 0.203 e. The third-order valence-corrected chi connectivity index (χ3v) is 4.88. The van der Waals surface area contributed by atoms with Crippen LogP contribution in [-0.4, -0.2) is 39.6 Å². The normalized spacial score (nSPS) is 23.1. The van der Waals surface area contributed by atoms with Crippen molar-refractivity contribution in [2.24, 2.45) is 0 Å². The van der Waals surface area contributed by atoms with Gasteiger partial charge in [-0.15, -0.1) is 0 Å². The van der Waals surface area contributed by atoms with E-state index in [0.29, 0.717) is 12.1 Å². The van der Waals surface area contributed by atoms with Crippen molar-refractivity contribution < 1.29 is 0 Å². The SMILES string of the molecule is CC(Cn1ccnc1NC1CCCCC1)N1CCCC1. The molecule has 2 fully saturated rings. The Morgan fingerprint density at radius 1 is 1.20 bits per heavy atom. The highest BCUT2D eigenvalue weighted by atomic mass is 15.2. The van der Waals surface area contributed by atoms with E-state index in [4.69, 9.17) is 0 Å². The first-order valence-electron chi connectivity index (χ1n) is 8.34. The lowest BCUT2D eigenvalue weighted by Gasteiger charge is -2.27. The molecule has 0 amide bonds. The van der Waals surface area contributed by atoms with Crippen molar-refractivity contribution in [1.29, 1.82) is 0 Å². The van der Waals surface area contributed by atoms with Gasteiger partial charge in [0.25, 0.3) is 0 Å². The van der Waals surface area contributed by atoms with Gasteiger partial charge in [0.2, 0.25) is 5.95 Å². The van der Waals surface area contributed by atoms with Crippen LogP contribution in [0.1, 0.15) is 51.9 Å². The van der Waals surface area contributed by atoms with Gasteiger partial charge < -0.3 is 9.88 Å². The maximum absolute atomic E-state index is 4.52. The molecule has 112 valence electrons. The molecule has 1 unspecified atom stereocenters. The first-order valence-corrected chi connectivity index (χ1v) is 8.34. The fraction of sp³-hybridized carbons (Fsp3) is 0.812. The topological polar surface area (TPSA) is 33.1 Å². The lowest BCUT2D eigenvalue weighted by atomic mass is 9.96. The molecular formula is C16H28N4. The van der Waals surface area contributed by atoms with Crippen LogP contribution < -0.4 is 5.32 Å². The van der Waals surface area contributed by atoms with Crippen LogP contribution in [0, 0.1) is 0 Å². The fourth-order valence-electron chi connectivity index (χ4n) is 3.61. The lowest BCUT2D eigenvalue weighted by molar-refractivity contribution is 0.236. The maximum Gasteiger partial charge on any atom is 0.203 e. The number of likely N-dealkylation sites (tertiary alicyclic amines) is 1. The molecule has 1 aliphatic carbocycles. The average Bonchev–Trinajstić information content (AvgIpc) is 3.12. The molecule has 1 aromatic heterocycles. The standard InChI is InChI=1S/C16H28N4/c1-14(19-10-5-6-11-19)13-20-12-9-17-16(20)18-15-7-3-2-4-8-15/h9,12,14-15H,2-8,10-11,13H2,1H3,(H,17,18). The van der Waals surface area contributed by atoms with Gasteiger partial charge in [-0.25, -0.2) is 4.98 Å². The van der Waals surface area contributed by atoms with Crippen LogP contribution >= 0.6 is 0 Å². The molecular weight excluding hydrogens is 248 g/mol. The summed E-state index contributed by atoms with van der Waals surface area (Å²) in [5.41, 5.74) is 0. The molecule has 1 aromatic rings. The van der Waals surface area contributed by atoms with Gasteiger partial charge in [-0.05, 0) is 45.7 Å². The first-order chi connectivity index (χ1) is 9.83. The van der Waals surface area contributed by atoms with Crippen molar-refractivity contribution in [2.45, 2.75) is 70.5 Å². The Labute approximate surface area is 122 Å². The predicted octanol–water partition coefficient (Wildman–Crippen LogP) is 3.11.